The highest BCUT2D eigenvalue weighted by Crippen LogP contribution is 2.33. The number of nitrogens with one attached hydrogen (secondary N) is 2. The fourth-order valence-electron chi connectivity index (χ4n) is 2.95. The lowest BCUT2D eigenvalue weighted by Gasteiger charge is -2.15. The second-order valence-corrected chi connectivity index (χ2v) is 8.54. The molecule has 3 aromatic rings. The van der Waals surface area contributed by atoms with Crippen molar-refractivity contribution >= 4 is 27.3 Å². The minimum Gasteiger partial charge on any atom is -0.497 e. The summed E-state index contributed by atoms with van der Waals surface area (Å²) in [7, 11) is 0.333. The Labute approximate surface area is 187 Å². The van der Waals surface area contributed by atoms with Gasteiger partial charge in [0.1, 0.15) is 17.2 Å². The highest BCUT2D eigenvalue weighted by molar-refractivity contribution is 7.92. The van der Waals surface area contributed by atoms with Crippen molar-refractivity contribution in [1.82, 2.24) is 0 Å². The molecular weight excluding hydrogens is 432 g/mol. The van der Waals surface area contributed by atoms with Gasteiger partial charge < -0.3 is 19.5 Å². The Morgan fingerprint density at radius 1 is 0.781 bits per heavy atom. The molecule has 0 atom stereocenters. The number of carbonyl (C=O) groups excluding carboxylic acids is 1. The van der Waals surface area contributed by atoms with Gasteiger partial charge in [0.15, 0.2) is 0 Å². The highest BCUT2D eigenvalue weighted by atomic mass is 32.2. The first-order valence-electron chi connectivity index (χ1n) is 9.58. The third kappa shape index (κ3) is 5.12. The molecular formula is C23H24N2O6S. The van der Waals surface area contributed by atoms with Gasteiger partial charge in [0, 0.05) is 11.6 Å². The zero-order valence-electron chi connectivity index (χ0n) is 18.1. The number of sulfonamides is 1. The second kappa shape index (κ2) is 9.61. The molecule has 0 bridgehead atoms. The van der Waals surface area contributed by atoms with E-state index in [1.54, 1.807) is 24.3 Å². The third-order valence-electron chi connectivity index (χ3n) is 4.69. The summed E-state index contributed by atoms with van der Waals surface area (Å²) >= 11 is 0. The topological polar surface area (TPSA) is 103 Å². The van der Waals surface area contributed by atoms with Gasteiger partial charge in [-0.1, -0.05) is 17.7 Å². The molecule has 0 saturated heterocycles. The second-order valence-electron chi connectivity index (χ2n) is 6.85. The maximum Gasteiger partial charge on any atom is 0.262 e. The van der Waals surface area contributed by atoms with E-state index in [4.69, 9.17) is 14.2 Å². The van der Waals surface area contributed by atoms with Gasteiger partial charge in [-0.2, -0.15) is 0 Å². The van der Waals surface area contributed by atoms with Crippen molar-refractivity contribution in [3.8, 4) is 17.2 Å². The van der Waals surface area contributed by atoms with Crippen LogP contribution in [-0.4, -0.2) is 35.7 Å². The molecule has 0 fully saturated rings. The highest BCUT2D eigenvalue weighted by Gasteiger charge is 2.20. The number of hydrogen-bond donors (Lipinski definition) is 2. The van der Waals surface area contributed by atoms with Crippen LogP contribution in [-0.2, 0) is 10.0 Å². The summed E-state index contributed by atoms with van der Waals surface area (Å²) in [6.45, 7) is 1.92. The van der Waals surface area contributed by atoms with Crippen molar-refractivity contribution < 1.29 is 27.4 Å². The van der Waals surface area contributed by atoms with Crippen molar-refractivity contribution in [3.63, 3.8) is 0 Å². The Balaban J connectivity index is 1.93. The molecule has 0 aliphatic rings. The average Bonchev–Trinajstić information content (AvgIpc) is 2.79. The first-order valence-corrected chi connectivity index (χ1v) is 11.1. The molecule has 0 radical (unpaired) electrons. The Morgan fingerprint density at radius 3 is 2.03 bits per heavy atom. The number of amides is 1. The maximum atomic E-state index is 13.1. The van der Waals surface area contributed by atoms with Crippen LogP contribution < -0.4 is 24.2 Å². The van der Waals surface area contributed by atoms with Crippen LogP contribution in [0.2, 0.25) is 0 Å². The maximum absolute atomic E-state index is 13.1. The molecule has 3 aromatic carbocycles. The van der Waals surface area contributed by atoms with E-state index in [0.29, 0.717) is 22.8 Å². The van der Waals surface area contributed by atoms with Gasteiger partial charge >= 0.3 is 0 Å². The van der Waals surface area contributed by atoms with Gasteiger partial charge in [-0.15, -0.1) is 0 Å². The number of hydrogen-bond acceptors (Lipinski definition) is 6. The van der Waals surface area contributed by atoms with Crippen molar-refractivity contribution in [1.29, 1.82) is 0 Å². The van der Waals surface area contributed by atoms with Gasteiger partial charge in [-0.3, -0.25) is 9.52 Å². The van der Waals surface area contributed by atoms with Crippen LogP contribution in [0.4, 0.5) is 11.4 Å². The van der Waals surface area contributed by atoms with E-state index < -0.39 is 10.0 Å². The zero-order chi connectivity index (χ0) is 23.3. The predicted octanol–water partition coefficient (Wildman–Crippen LogP) is 4.07. The molecule has 0 unspecified atom stereocenters. The van der Waals surface area contributed by atoms with E-state index in [-0.39, 0.29) is 22.2 Å². The molecule has 0 aliphatic heterocycles. The van der Waals surface area contributed by atoms with E-state index in [1.165, 1.54) is 45.6 Å². The smallest absolute Gasteiger partial charge is 0.262 e. The first kappa shape index (κ1) is 23.0. The van der Waals surface area contributed by atoms with Gasteiger partial charge in [0.2, 0.25) is 0 Å². The van der Waals surface area contributed by atoms with Crippen LogP contribution in [0.15, 0.2) is 65.6 Å². The Morgan fingerprint density at radius 2 is 1.41 bits per heavy atom. The minimum atomic E-state index is -4.02. The molecule has 2 N–H and O–H groups in total. The van der Waals surface area contributed by atoms with E-state index in [9.17, 15) is 13.2 Å². The molecule has 8 nitrogen and oxygen atoms in total. The third-order valence-corrected chi connectivity index (χ3v) is 6.06. The molecule has 32 heavy (non-hydrogen) atoms. The number of carbonyl (C=O) groups is 1. The van der Waals surface area contributed by atoms with Crippen molar-refractivity contribution in [3.05, 3.63) is 71.8 Å². The van der Waals surface area contributed by atoms with Crippen LogP contribution in [0.5, 0.6) is 17.2 Å². The monoisotopic (exact) mass is 456 g/mol. The zero-order valence-corrected chi connectivity index (χ0v) is 18.9. The number of aryl methyl sites for hydroxylation is 1. The number of methoxy groups -OCH3 is 3. The molecule has 0 heterocycles. The average molecular weight is 457 g/mol. The van der Waals surface area contributed by atoms with E-state index in [1.807, 2.05) is 19.1 Å². The molecule has 3 rings (SSSR count). The van der Waals surface area contributed by atoms with E-state index in [2.05, 4.69) is 10.0 Å². The van der Waals surface area contributed by atoms with Crippen LogP contribution >= 0.6 is 0 Å². The number of ether oxygens (including phenoxy) is 3. The van der Waals surface area contributed by atoms with Gasteiger partial charge in [-0.25, -0.2) is 8.42 Å². The summed E-state index contributed by atoms with van der Waals surface area (Å²) in [6, 6.07) is 16.0. The molecule has 0 aromatic heterocycles. The fourth-order valence-corrected chi connectivity index (χ4v) is 4.04. The molecule has 0 spiro atoms. The standard InChI is InChI=1S/C23H24N2O6S/c1-15-5-7-16(8-6-15)23(26)24-19-14-18(10-12-21(19)30-3)32(27,28)25-20-13-17(29-2)9-11-22(20)31-4/h5-14,25H,1-4H3,(H,24,26). The van der Waals surface area contributed by atoms with Crippen LogP contribution in [0, 0.1) is 6.92 Å². The molecule has 0 saturated carbocycles. The SMILES string of the molecule is COc1ccc(OC)c(NS(=O)(=O)c2ccc(OC)c(NC(=O)c3ccc(C)cc3)c2)c1. The Bertz CT molecular complexity index is 1220. The van der Waals surface area contributed by atoms with Crippen molar-refractivity contribution in [2.45, 2.75) is 11.8 Å². The van der Waals surface area contributed by atoms with Crippen LogP contribution in [0.1, 0.15) is 15.9 Å². The number of benzene rings is 3. The summed E-state index contributed by atoms with van der Waals surface area (Å²) in [5.41, 5.74) is 1.89. The summed E-state index contributed by atoms with van der Waals surface area (Å²) in [6.07, 6.45) is 0. The number of anilines is 2. The fraction of sp³-hybridized carbons (Fsp3) is 0.174. The summed E-state index contributed by atoms with van der Waals surface area (Å²) in [5.74, 6) is 0.726. The summed E-state index contributed by atoms with van der Waals surface area (Å²) in [5, 5.41) is 2.71. The Kier molecular flexibility index (Phi) is 6.89. The minimum absolute atomic E-state index is 0.0672. The van der Waals surface area contributed by atoms with E-state index in [0.717, 1.165) is 5.56 Å². The quantitative estimate of drug-likeness (QED) is 0.530. The summed E-state index contributed by atoms with van der Waals surface area (Å²) < 4.78 is 44.3. The lowest BCUT2D eigenvalue weighted by Crippen LogP contribution is -2.16. The largest absolute Gasteiger partial charge is 0.497 e. The van der Waals surface area contributed by atoms with Gasteiger partial charge in [-0.05, 0) is 49.4 Å². The normalized spacial score (nSPS) is 10.9. The van der Waals surface area contributed by atoms with Gasteiger partial charge in [0.05, 0.1) is 37.6 Å². The van der Waals surface area contributed by atoms with Crippen molar-refractivity contribution in [2.24, 2.45) is 0 Å². The molecule has 9 heteroatoms. The molecule has 1 amide bonds. The lowest BCUT2D eigenvalue weighted by molar-refractivity contribution is 0.102. The Hall–Kier alpha value is -3.72. The van der Waals surface area contributed by atoms with Gasteiger partial charge in [0.25, 0.3) is 15.9 Å². The lowest BCUT2D eigenvalue weighted by atomic mass is 10.1. The van der Waals surface area contributed by atoms with E-state index >= 15 is 0 Å². The molecule has 0 aliphatic carbocycles. The summed E-state index contributed by atoms with van der Waals surface area (Å²) in [4.78, 5) is 12.6. The number of rotatable bonds is 8. The van der Waals surface area contributed by atoms with Crippen LogP contribution in [0.3, 0.4) is 0 Å². The van der Waals surface area contributed by atoms with Crippen molar-refractivity contribution in [2.75, 3.05) is 31.4 Å². The predicted molar refractivity (Wildman–Crippen MR) is 122 cm³/mol. The molecule has 168 valence electrons. The van der Waals surface area contributed by atoms with Crippen LogP contribution in [0.25, 0.3) is 0 Å². The first-order chi connectivity index (χ1) is 15.3.